The van der Waals surface area contributed by atoms with Crippen molar-refractivity contribution in [1.82, 2.24) is 0 Å². The van der Waals surface area contributed by atoms with E-state index in [2.05, 4.69) is 0 Å². The van der Waals surface area contributed by atoms with Crippen molar-refractivity contribution in [1.29, 1.82) is 0 Å². The van der Waals surface area contributed by atoms with Gasteiger partial charge in [0.25, 0.3) is 0 Å². The van der Waals surface area contributed by atoms with E-state index in [1.54, 1.807) is 14.2 Å². The topological polar surface area (TPSA) is 44.8 Å². The van der Waals surface area contributed by atoms with Gasteiger partial charge in [-0.25, -0.2) is 0 Å². The summed E-state index contributed by atoms with van der Waals surface area (Å²) in [5.41, 5.74) is 1.10. The molecule has 0 heterocycles. The number of hydrogen-bond acceptors (Lipinski definition) is 4. The van der Waals surface area contributed by atoms with Gasteiger partial charge in [0.2, 0.25) is 0 Å². The lowest BCUT2D eigenvalue weighted by Gasteiger charge is -2.09. The first-order chi connectivity index (χ1) is 8.71. The van der Waals surface area contributed by atoms with E-state index in [0.29, 0.717) is 18.1 Å². The molecule has 1 fully saturated rings. The van der Waals surface area contributed by atoms with Crippen molar-refractivity contribution >= 4 is 5.97 Å². The zero-order valence-electron chi connectivity index (χ0n) is 10.9. The maximum Gasteiger partial charge on any atom is 0.309 e. The lowest BCUT2D eigenvalue weighted by atomic mass is 10.1. The van der Waals surface area contributed by atoms with Crippen molar-refractivity contribution in [2.75, 3.05) is 20.8 Å². The molecule has 0 saturated heterocycles. The van der Waals surface area contributed by atoms with Gasteiger partial charge in [0.15, 0.2) is 11.5 Å². The number of carbonyl (C=O) groups excluding carboxylic acids is 1. The van der Waals surface area contributed by atoms with E-state index in [4.69, 9.17) is 14.2 Å². The SMILES string of the molecule is CCOC(=O)[C@H]1CC1c1ccc(OC)c(OC)c1. The van der Waals surface area contributed by atoms with Crippen LogP contribution >= 0.6 is 0 Å². The van der Waals surface area contributed by atoms with Gasteiger partial charge >= 0.3 is 5.97 Å². The molecular formula is C14H18O4. The molecule has 2 rings (SSSR count). The Morgan fingerprint density at radius 2 is 2.00 bits per heavy atom. The minimum absolute atomic E-state index is 0.00283. The molecule has 2 atom stereocenters. The van der Waals surface area contributed by atoms with E-state index >= 15 is 0 Å². The second-order valence-corrected chi connectivity index (χ2v) is 4.32. The van der Waals surface area contributed by atoms with Gasteiger partial charge in [-0.15, -0.1) is 0 Å². The van der Waals surface area contributed by atoms with Crippen molar-refractivity contribution < 1.29 is 19.0 Å². The van der Waals surface area contributed by atoms with Gasteiger partial charge in [-0.1, -0.05) is 6.07 Å². The molecule has 0 spiro atoms. The molecule has 1 aliphatic carbocycles. The summed E-state index contributed by atoms with van der Waals surface area (Å²) in [6, 6.07) is 5.78. The highest BCUT2D eigenvalue weighted by atomic mass is 16.5. The summed E-state index contributed by atoms with van der Waals surface area (Å²) in [5, 5.41) is 0. The maximum absolute atomic E-state index is 11.6. The number of benzene rings is 1. The highest BCUT2D eigenvalue weighted by Crippen LogP contribution is 2.49. The summed E-state index contributed by atoms with van der Waals surface area (Å²) in [6.45, 7) is 2.26. The Morgan fingerprint density at radius 3 is 2.61 bits per heavy atom. The Labute approximate surface area is 107 Å². The van der Waals surface area contributed by atoms with Crippen molar-refractivity contribution in [3.8, 4) is 11.5 Å². The second kappa shape index (κ2) is 5.29. The zero-order valence-corrected chi connectivity index (χ0v) is 10.9. The van der Waals surface area contributed by atoms with Crippen LogP contribution in [0.5, 0.6) is 11.5 Å². The minimum Gasteiger partial charge on any atom is -0.493 e. The van der Waals surface area contributed by atoms with Crippen molar-refractivity contribution in [2.45, 2.75) is 19.3 Å². The van der Waals surface area contributed by atoms with Crippen LogP contribution in [-0.4, -0.2) is 26.8 Å². The molecule has 0 aromatic heterocycles. The van der Waals surface area contributed by atoms with E-state index < -0.39 is 0 Å². The van der Waals surface area contributed by atoms with Crippen LogP contribution in [0.1, 0.15) is 24.8 Å². The molecule has 1 unspecified atom stereocenters. The largest absolute Gasteiger partial charge is 0.493 e. The summed E-state index contributed by atoms with van der Waals surface area (Å²) >= 11 is 0. The van der Waals surface area contributed by atoms with Crippen molar-refractivity contribution in [2.24, 2.45) is 5.92 Å². The van der Waals surface area contributed by atoms with Crippen LogP contribution in [0, 0.1) is 5.92 Å². The molecule has 0 radical (unpaired) electrons. The van der Waals surface area contributed by atoms with Gasteiger partial charge < -0.3 is 14.2 Å². The van der Waals surface area contributed by atoms with Crippen LogP contribution in [0.25, 0.3) is 0 Å². The van der Waals surface area contributed by atoms with Crippen LogP contribution in [-0.2, 0) is 9.53 Å². The fourth-order valence-corrected chi connectivity index (χ4v) is 2.16. The first-order valence-electron chi connectivity index (χ1n) is 6.09. The summed E-state index contributed by atoms with van der Waals surface area (Å²) < 4.78 is 15.5. The van der Waals surface area contributed by atoms with Crippen LogP contribution < -0.4 is 9.47 Å². The maximum atomic E-state index is 11.6. The van der Waals surface area contributed by atoms with Crippen LogP contribution in [0.15, 0.2) is 18.2 Å². The average molecular weight is 250 g/mol. The molecule has 0 bridgehead atoms. The fraction of sp³-hybridized carbons (Fsp3) is 0.500. The van der Waals surface area contributed by atoms with Gasteiger partial charge in [0.1, 0.15) is 0 Å². The van der Waals surface area contributed by atoms with E-state index in [9.17, 15) is 4.79 Å². The molecule has 1 aromatic rings. The van der Waals surface area contributed by atoms with Crippen LogP contribution in [0.4, 0.5) is 0 Å². The number of methoxy groups -OCH3 is 2. The summed E-state index contributed by atoms with van der Waals surface area (Å²) in [7, 11) is 3.22. The third-order valence-electron chi connectivity index (χ3n) is 3.22. The summed E-state index contributed by atoms with van der Waals surface area (Å²) in [6.07, 6.45) is 0.855. The molecule has 1 aliphatic rings. The summed E-state index contributed by atoms with van der Waals surface area (Å²) in [4.78, 5) is 11.6. The van der Waals surface area contributed by atoms with E-state index in [0.717, 1.165) is 12.0 Å². The van der Waals surface area contributed by atoms with E-state index in [1.165, 1.54) is 0 Å². The Bertz CT molecular complexity index is 441. The van der Waals surface area contributed by atoms with Crippen molar-refractivity contribution in [3.05, 3.63) is 23.8 Å². The number of ether oxygens (including phenoxy) is 3. The molecule has 0 N–H and O–H groups in total. The Balaban J connectivity index is 2.10. The minimum atomic E-state index is -0.0997. The highest BCUT2D eigenvalue weighted by molar-refractivity contribution is 5.77. The number of rotatable bonds is 5. The average Bonchev–Trinajstić information content (AvgIpc) is 3.18. The Morgan fingerprint density at radius 1 is 1.28 bits per heavy atom. The number of carbonyl (C=O) groups is 1. The number of esters is 1. The first-order valence-corrected chi connectivity index (χ1v) is 6.09. The van der Waals surface area contributed by atoms with E-state index in [-0.39, 0.29) is 17.8 Å². The second-order valence-electron chi connectivity index (χ2n) is 4.32. The lowest BCUT2D eigenvalue weighted by molar-refractivity contribution is -0.144. The smallest absolute Gasteiger partial charge is 0.309 e. The molecule has 0 amide bonds. The van der Waals surface area contributed by atoms with Gasteiger partial charge in [-0.05, 0) is 37.0 Å². The highest BCUT2D eigenvalue weighted by Gasteiger charge is 2.45. The molecule has 98 valence electrons. The predicted octanol–water partition coefficient (Wildman–Crippen LogP) is 2.37. The first kappa shape index (κ1) is 12.7. The monoisotopic (exact) mass is 250 g/mol. The summed E-state index contributed by atoms with van der Waals surface area (Å²) in [5.74, 6) is 1.56. The van der Waals surface area contributed by atoms with Gasteiger partial charge in [-0.2, -0.15) is 0 Å². The molecule has 0 aliphatic heterocycles. The predicted molar refractivity (Wildman–Crippen MR) is 67.0 cm³/mol. The number of hydrogen-bond donors (Lipinski definition) is 0. The van der Waals surface area contributed by atoms with Gasteiger partial charge in [-0.3, -0.25) is 4.79 Å². The molecule has 18 heavy (non-hydrogen) atoms. The van der Waals surface area contributed by atoms with Crippen LogP contribution in [0.2, 0.25) is 0 Å². The molecular weight excluding hydrogens is 232 g/mol. The standard InChI is InChI=1S/C14H18O4/c1-4-18-14(15)11-8-10(11)9-5-6-12(16-2)13(7-9)17-3/h5-7,10-11H,4,8H2,1-3H3/t10?,11-/m0/s1. The van der Waals surface area contributed by atoms with Crippen LogP contribution in [0.3, 0.4) is 0 Å². The van der Waals surface area contributed by atoms with Gasteiger partial charge in [0, 0.05) is 0 Å². The molecule has 4 nitrogen and oxygen atoms in total. The molecule has 1 saturated carbocycles. The quantitative estimate of drug-likeness (QED) is 0.753. The molecule has 1 aromatic carbocycles. The third-order valence-corrected chi connectivity index (χ3v) is 3.22. The molecule has 4 heteroatoms. The lowest BCUT2D eigenvalue weighted by Crippen LogP contribution is -2.07. The fourth-order valence-electron chi connectivity index (χ4n) is 2.16. The Hall–Kier alpha value is -1.71. The Kier molecular flexibility index (Phi) is 3.75. The third kappa shape index (κ3) is 2.42. The zero-order chi connectivity index (χ0) is 13.1. The van der Waals surface area contributed by atoms with Crippen molar-refractivity contribution in [3.63, 3.8) is 0 Å². The van der Waals surface area contributed by atoms with Gasteiger partial charge in [0.05, 0.1) is 26.7 Å². The van der Waals surface area contributed by atoms with E-state index in [1.807, 2.05) is 25.1 Å². The normalized spacial score (nSPS) is 21.3.